The van der Waals surface area contributed by atoms with E-state index in [1.165, 1.54) is 32.1 Å². The van der Waals surface area contributed by atoms with E-state index >= 15 is 0 Å². The monoisotopic (exact) mass is 339 g/mol. The lowest BCUT2D eigenvalue weighted by Crippen LogP contribution is -2.22. The summed E-state index contributed by atoms with van der Waals surface area (Å²) in [6.07, 6.45) is 7.56. The molecule has 2 unspecified atom stereocenters. The van der Waals surface area contributed by atoms with Crippen LogP contribution in [0.1, 0.15) is 63.0 Å². The Kier molecular flexibility index (Phi) is 6.31. The molecular weight excluding hydrogens is 314 g/mol. The van der Waals surface area contributed by atoms with Gasteiger partial charge in [-0.3, -0.25) is 4.79 Å². The molecule has 0 saturated heterocycles. The number of ether oxygens (including phenoxy) is 1. The molecule has 1 heterocycles. The first kappa shape index (κ1) is 18.1. The quantitative estimate of drug-likeness (QED) is 0.849. The minimum absolute atomic E-state index is 0.114. The first-order valence-corrected chi connectivity index (χ1v) is 8.73. The number of hydrogen-bond donors (Lipinski definition) is 2. The lowest BCUT2D eigenvalue weighted by molar-refractivity contribution is -0.138. The molecule has 23 heavy (non-hydrogen) atoms. The highest BCUT2D eigenvalue weighted by Gasteiger charge is 2.25. The third-order valence-corrected chi connectivity index (χ3v) is 4.77. The van der Waals surface area contributed by atoms with Crippen LogP contribution in [0.5, 0.6) is 5.75 Å². The standard InChI is InChI=1S/C12H13ClO3.C6H13N/c1-6-3-9-4-8(7(2)12(14)15)5-10(13)11(9)16-6;7-6-4-2-1-3-5-6/h4-7H,3H2,1-2H3,(H,14,15);6H,1-5,7H2. The molecule has 2 atom stereocenters. The van der Waals surface area contributed by atoms with Crippen LogP contribution in [0, 0.1) is 0 Å². The van der Waals surface area contributed by atoms with Crippen LogP contribution in [0.4, 0.5) is 0 Å². The second-order valence-electron chi connectivity index (χ2n) is 6.58. The maximum atomic E-state index is 10.9. The summed E-state index contributed by atoms with van der Waals surface area (Å²) in [6, 6.07) is 4.09. The van der Waals surface area contributed by atoms with Gasteiger partial charge in [-0.1, -0.05) is 36.9 Å². The van der Waals surface area contributed by atoms with E-state index in [1.807, 2.05) is 13.0 Å². The molecule has 1 aromatic carbocycles. The Bertz CT molecular complexity index is 555. The maximum absolute atomic E-state index is 10.9. The van der Waals surface area contributed by atoms with E-state index in [4.69, 9.17) is 27.2 Å². The van der Waals surface area contributed by atoms with Crippen LogP contribution in [0.15, 0.2) is 12.1 Å². The minimum Gasteiger partial charge on any atom is -0.489 e. The van der Waals surface area contributed by atoms with Gasteiger partial charge in [-0.05, 0) is 43.9 Å². The maximum Gasteiger partial charge on any atom is 0.310 e. The van der Waals surface area contributed by atoms with Crippen LogP contribution in [0.25, 0.3) is 0 Å². The van der Waals surface area contributed by atoms with Gasteiger partial charge in [0, 0.05) is 12.5 Å². The van der Waals surface area contributed by atoms with E-state index in [9.17, 15) is 4.79 Å². The van der Waals surface area contributed by atoms with Gasteiger partial charge < -0.3 is 15.6 Å². The van der Waals surface area contributed by atoms with Crippen LogP contribution in [0.3, 0.4) is 0 Å². The Morgan fingerprint density at radius 1 is 1.35 bits per heavy atom. The molecule has 1 aromatic rings. The molecule has 4 nitrogen and oxygen atoms in total. The van der Waals surface area contributed by atoms with Crippen molar-refractivity contribution < 1.29 is 14.6 Å². The predicted molar refractivity (Wildman–Crippen MR) is 92.4 cm³/mol. The summed E-state index contributed by atoms with van der Waals surface area (Å²) in [5, 5.41) is 9.46. The van der Waals surface area contributed by atoms with Gasteiger partial charge in [-0.25, -0.2) is 0 Å². The SMILES string of the molecule is CC1Cc2cc(C(C)C(=O)O)cc(Cl)c2O1.NC1CCCCC1. The van der Waals surface area contributed by atoms with Crippen LogP contribution >= 0.6 is 11.6 Å². The Hall–Kier alpha value is -1.26. The fourth-order valence-electron chi connectivity index (χ4n) is 3.04. The van der Waals surface area contributed by atoms with Gasteiger partial charge in [0.15, 0.2) is 0 Å². The molecule has 1 aliphatic heterocycles. The van der Waals surface area contributed by atoms with E-state index in [0.29, 0.717) is 16.8 Å². The highest BCUT2D eigenvalue weighted by molar-refractivity contribution is 6.32. The largest absolute Gasteiger partial charge is 0.489 e. The van der Waals surface area contributed by atoms with E-state index in [0.717, 1.165) is 17.5 Å². The number of benzene rings is 1. The molecule has 0 radical (unpaired) electrons. The van der Waals surface area contributed by atoms with Gasteiger partial charge >= 0.3 is 5.97 Å². The van der Waals surface area contributed by atoms with Crippen molar-refractivity contribution in [1.29, 1.82) is 0 Å². The van der Waals surface area contributed by atoms with E-state index in [-0.39, 0.29) is 6.10 Å². The van der Waals surface area contributed by atoms with Gasteiger partial charge in [0.25, 0.3) is 0 Å². The first-order valence-electron chi connectivity index (χ1n) is 8.35. The molecule has 0 bridgehead atoms. The lowest BCUT2D eigenvalue weighted by atomic mass is 9.97. The number of carboxylic acid groups (broad SMARTS) is 1. The van der Waals surface area contributed by atoms with Gasteiger partial charge in [0.1, 0.15) is 11.9 Å². The molecular formula is C18H26ClNO3. The molecule has 3 rings (SSSR count). The number of nitrogens with two attached hydrogens (primary N) is 1. The molecule has 5 heteroatoms. The van der Waals surface area contributed by atoms with Gasteiger partial charge in [-0.15, -0.1) is 0 Å². The highest BCUT2D eigenvalue weighted by Crippen LogP contribution is 2.38. The fourth-order valence-corrected chi connectivity index (χ4v) is 3.33. The zero-order valence-corrected chi connectivity index (χ0v) is 14.6. The van der Waals surface area contributed by atoms with Gasteiger partial charge in [-0.2, -0.15) is 0 Å². The number of carbonyl (C=O) groups is 1. The Balaban J connectivity index is 0.000000229. The summed E-state index contributed by atoms with van der Waals surface area (Å²) in [7, 11) is 0. The molecule has 3 N–H and O–H groups in total. The molecule has 1 fully saturated rings. The van der Waals surface area contributed by atoms with Crippen molar-refractivity contribution in [3.63, 3.8) is 0 Å². The topological polar surface area (TPSA) is 72.5 Å². The van der Waals surface area contributed by atoms with Crippen molar-refractivity contribution in [3.05, 3.63) is 28.3 Å². The molecule has 1 saturated carbocycles. The summed E-state index contributed by atoms with van der Waals surface area (Å²) in [5.74, 6) is -0.683. The van der Waals surface area contributed by atoms with Crippen molar-refractivity contribution >= 4 is 17.6 Å². The second kappa shape index (κ2) is 8.02. The third kappa shape index (κ3) is 4.85. The van der Waals surface area contributed by atoms with Crippen molar-refractivity contribution in [2.45, 2.75) is 70.4 Å². The number of halogens is 1. The number of fused-ring (bicyclic) bond motifs is 1. The smallest absolute Gasteiger partial charge is 0.310 e. The fraction of sp³-hybridized carbons (Fsp3) is 0.611. The number of hydrogen-bond acceptors (Lipinski definition) is 3. The molecule has 128 valence electrons. The van der Waals surface area contributed by atoms with Crippen LogP contribution in [-0.4, -0.2) is 23.2 Å². The average Bonchev–Trinajstić information content (AvgIpc) is 2.89. The summed E-state index contributed by atoms with van der Waals surface area (Å²) >= 11 is 6.07. The summed E-state index contributed by atoms with van der Waals surface area (Å²) in [6.45, 7) is 3.62. The van der Waals surface area contributed by atoms with Crippen molar-refractivity contribution in [3.8, 4) is 5.75 Å². The normalized spacial score (nSPS) is 21.7. The zero-order valence-electron chi connectivity index (χ0n) is 13.8. The molecule has 0 amide bonds. The first-order chi connectivity index (χ1) is 10.9. The van der Waals surface area contributed by atoms with Crippen LogP contribution in [0.2, 0.25) is 5.02 Å². The van der Waals surface area contributed by atoms with Crippen LogP contribution < -0.4 is 10.5 Å². The van der Waals surface area contributed by atoms with E-state index in [2.05, 4.69) is 0 Å². The Morgan fingerprint density at radius 3 is 2.52 bits per heavy atom. The number of aliphatic carboxylic acids is 1. The van der Waals surface area contributed by atoms with Crippen molar-refractivity contribution in [2.24, 2.45) is 5.73 Å². The van der Waals surface area contributed by atoms with Crippen LogP contribution in [-0.2, 0) is 11.2 Å². The molecule has 0 aromatic heterocycles. The Labute approximate surface area is 143 Å². The second-order valence-corrected chi connectivity index (χ2v) is 6.99. The highest BCUT2D eigenvalue weighted by atomic mass is 35.5. The molecule has 2 aliphatic rings. The van der Waals surface area contributed by atoms with Gasteiger partial charge in [0.05, 0.1) is 10.9 Å². The molecule has 0 spiro atoms. The predicted octanol–water partition coefficient (Wildman–Crippen LogP) is 4.13. The van der Waals surface area contributed by atoms with Crippen molar-refractivity contribution in [2.75, 3.05) is 0 Å². The number of carboxylic acids is 1. The van der Waals surface area contributed by atoms with E-state index in [1.54, 1.807) is 13.0 Å². The summed E-state index contributed by atoms with van der Waals surface area (Å²) in [5.41, 5.74) is 7.37. The molecule has 1 aliphatic carbocycles. The zero-order chi connectivity index (χ0) is 17.0. The van der Waals surface area contributed by atoms with E-state index < -0.39 is 11.9 Å². The average molecular weight is 340 g/mol. The summed E-state index contributed by atoms with van der Waals surface area (Å²) < 4.78 is 5.55. The number of rotatable bonds is 2. The lowest BCUT2D eigenvalue weighted by Gasteiger charge is -2.15. The summed E-state index contributed by atoms with van der Waals surface area (Å²) in [4.78, 5) is 10.9. The van der Waals surface area contributed by atoms with Gasteiger partial charge in [0.2, 0.25) is 0 Å². The minimum atomic E-state index is -0.844. The van der Waals surface area contributed by atoms with Crippen molar-refractivity contribution in [1.82, 2.24) is 0 Å². The Morgan fingerprint density at radius 2 is 2.00 bits per heavy atom. The third-order valence-electron chi connectivity index (χ3n) is 4.49.